The normalized spacial score (nSPS) is 10.7. The van der Waals surface area contributed by atoms with E-state index in [9.17, 15) is 9.18 Å². The predicted octanol–water partition coefficient (Wildman–Crippen LogP) is 2.66. The van der Waals surface area contributed by atoms with Gasteiger partial charge < -0.3 is 5.32 Å². The van der Waals surface area contributed by atoms with Crippen LogP contribution < -0.4 is 5.32 Å². The molecule has 1 N–H and O–H groups in total. The predicted molar refractivity (Wildman–Crippen MR) is 84.7 cm³/mol. The van der Waals surface area contributed by atoms with Gasteiger partial charge in [0, 0.05) is 18.0 Å². The zero-order valence-electron chi connectivity index (χ0n) is 12.0. The van der Waals surface area contributed by atoms with Gasteiger partial charge in [0.1, 0.15) is 10.8 Å². The molecule has 2 aromatic heterocycles. The van der Waals surface area contributed by atoms with Crippen LogP contribution in [-0.4, -0.2) is 25.7 Å². The van der Waals surface area contributed by atoms with Gasteiger partial charge in [0.25, 0.3) is 5.91 Å². The lowest BCUT2D eigenvalue weighted by Crippen LogP contribution is -2.24. The lowest BCUT2D eigenvalue weighted by Gasteiger charge is -1.99. The summed E-state index contributed by atoms with van der Waals surface area (Å²) in [5.74, 6) is -0.711. The second kappa shape index (κ2) is 6.43. The smallest absolute Gasteiger partial charge is 0.291 e. The first-order chi connectivity index (χ1) is 11.0. The second-order valence-electron chi connectivity index (χ2n) is 4.64. The number of carbonyl (C=O) groups excluding carboxylic acids is 1. The highest BCUT2D eigenvalue weighted by molar-refractivity contribution is 7.09. The van der Waals surface area contributed by atoms with Gasteiger partial charge in [-0.15, -0.1) is 16.4 Å². The van der Waals surface area contributed by atoms with Gasteiger partial charge in [-0.05, 0) is 35.9 Å². The van der Waals surface area contributed by atoms with Crippen molar-refractivity contribution in [3.8, 4) is 11.3 Å². The van der Waals surface area contributed by atoms with E-state index in [1.165, 1.54) is 28.2 Å². The molecule has 23 heavy (non-hydrogen) atoms. The Hall–Kier alpha value is -2.32. The van der Waals surface area contributed by atoms with Gasteiger partial charge in [-0.25, -0.2) is 14.1 Å². The van der Waals surface area contributed by atoms with Crippen molar-refractivity contribution < 1.29 is 9.18 Å². The van der Waals surface area contributed by atoms with Crippen molar-refractivity contribution in [2.45, 2.75) is 6.54 Å². The quantitative estimate of drug-likeness (QED) is 0.784. The average molecular weight is 352 g/mol. The van der Waals surface area contributed by atoms with E-state index in [-0.39, 0.29) is 23.5 Å². The number of halogens is 2. The lowest BCUT2D eigenvalue weighted by atomic mass is 10.2. The third kappa shape index (κ3) is 3.54. The Kier molecular flexibility index (Phi) is 4.35. The topological polar surface area (TPSA) is 72.7 Å². The zero-order valence-corrected chi connectivity index (χ0v) is 13.5. The largest absolute Gasteiger partial charge is 0.343 e. The van der Waals surface area contributed by atoms with Crippen LogP contribution in [0.1, 0.15) is 15.6 Å². The fraction of sp³-hybridized carbons (Fsp3) is 0.143. The summed E-state index contributed by atoms with van der Waals surface area (Å²) in [6.07, 6.45) is 0. The highest BCUT2D eigenvalue weighted by Gasteiger charge is 2.14. The summed E-state index contributed by atoms with van der Waals surface area (Å²) in [6, 6.07) is 6.08. The van der Waals surface area contributed by atoms with Gasteiger partial charge in [-0.2, -0.15) is 4.98 Å². The van der Waals surface area contributed by atoms with Crippen molar-refractivity contribution in [2.75, 3.05) is 0 Å². The summed E-state index contributed by atoms with van der Waals surface area (Å²) in [6.45, 7) is 0.251. The molecule has 0 atom stereocenters. The van der Waals surface area contributed by atoms with Crippen LogP contribution in [0.5, 0.6) is 0 Å². The van der Waals surface area contributed by atoms with Gasteiger partial charge in [0.15, 0.2) is 0 Å². The summed E-state index contributed by atoms with van der Waals surface area (Å²) in [5.41, 5.74) is 1.55. The fourth-order valence-electron chi connectivity index (χ4n) is 1.84. The molecule has 0 fully saturated rings. The van der Waals surface area contributed by atoms with Crippen molar-refractivity contribution in [3.63, 3.8) is 0 Å². The van der Waals surface area contributed by atoms with E-state index >= 15 is 0 Å². The van der Waals surface area contributed by atoms with Crippen molar-refractivity contribution >= 4 is 28.8 Å². The van der Waals surface area contributed by atoms with Gasteiger partial charge >= 0.3 is 0 Å². The van der Waals surface area contributed by atoms with E-state index < -0.39 is 5.91 Å². The molecule has 3 aromatic rings. The number of nitrogens with one attached hydrogen (secondary N) is 1. The molecule has 0 aliphatic heterocycles. The number of amides is 1. The fourth-order valence-corrected chi connectivity index (χ4v) is 2.70. The van der Waals surface area contributed by atoms with Gasteiger partial charge in [0.05, 0.1) is 12.2 Å². The number of aryl methyl sites for hydroxylation is 1. The number of benzene rings is 1. The van der Waals surface area contributed by atoms with Crippen LogP contribution in [-0.2, 0) is 13.6 Å². The van der Waals surface area contributed by atoms with E-state index in [0.717, 1.165) is 16.3 Å². The molecule has 0 aliphatic rings. The molecule has 0 unspecified atom stereocenters. The molecule has 0 saturated heterocycles. The summed E-state index contributed by atoms with van der Waals surface area (Å²) >= 11 is 7.15. The summed E-state index contributed by atoms with van der Waals surface area (Å²) in [5, 5.41) is 9.29. The van der Waals surface area contributed by atoms with Crippen LogP contribution in [0.25, 0.3) is 11.3 Å². The van der Waals surface area contributed by atoms with Crippen molar-refractivity contribution in [3.05, 3.63) is 51.6 Å². The Morgan fingerprint density at radius 3 is 2.74 bits per heavy atom. The molecule has 1 aromatic carbocycles. The summed E-state index contributed by atoms with van der Waals surface area (Å²) in [7, 11) is 1.60. The van der Waals surface area contributed by atoms with Crippen LogP contribution in [0, 0.1) is 5.82 Å². The molecule has 118 valence electrons. The van der Waals surface area contributed by atoms with Crippen LogP contribution >= 0.6 is 22.9 Å². The summed E-state index contributed by atoms with van der Waals surface area (Å²) < 4.78 is 14.2. The van der Waals surface area contributed by atoms with Crippen LogP contribution in [0.4, 0.5) is 4.39 Å². The Bertz CT molecular complexity index is 826. The highest BCUT2D eigenvalue weighted by atomic mass is 35.5. The van der Waals surface area contributed by atoms with Crippen LogP contribution in [0.3, 0.4) is 0 Å². The molecule has 2 heterocycles. The maximum atomic E-state index is 12.9. The number of hydrogen-bond donors (Lipinski definition) is 1. The number of carbonyl (C=O) groups is 1. The SMILES string of the molecule is Cn1nc(C(=O)NCc2nc(-c3ccc(F)cc3)cs2)nc1Cl. The zero-order chi connectivity index (χ0) is 16.4. The van der Waals surface area contributed by atoms with Gasteiger partial charge in [0.2, 0.25) is 11.1 Å². The minimum Gasteiger partial charge on any atom is -0.343 e. The first-order valence-electron chi connectivity index (χ1n) is 6.58. The maximum absolute atomic E-state index is 12.9. The maximum Gasteiger partial charge on any atom is 0.291 e. The third-order valence-electron chi connectivity index (χ3n) is 3.00. The Morgan fingerprint density at radius 1 is 1.35 bits per heavy atom. The average Bonchev–Trinajstić information content (AvgIpc) is 3.13. The minimum absolute atomic E-state index is 0.00724. The van der Waals surface area contributed by atoms with Crippen molar-refractivity contribution in [2.24, 2.45) is 7.05 Å². The number of rotatable bonds is 4. The van der Waals surface area contributed by atoms with Crippen LogP contribution in [0.2, 0.25) is 5.28 Å². The van der Waals surface area contributed by atoms with E-state index in [1.54, 1.807) is 19.2 Å². The molecule has 3 rings (SSSR count). The number of aromatic nitrogens is 4. The molecule has 6 nitrogen and oxygen atoms in total. The molecule has 1 amide bonds. The molecular formula is C14H11ClFN5OS. The molecule has 0 aliphatic carbocycles. The standard InChI is InChI=1S/C14H11ClFN5OS/c1-21-14(15)19-12(20-21)13(22)17-6-11-18-10(7-23-11)8-2-4-9(16)5-3-8/h2-5,7H,6H2,1H3,(H,17,22). The first-order valence-corrected chi connectivity index (χ1v) is 7.84. The monoisotopic (exact) mass is 351 g/mol. The number of nitrogens with zero attached hydrogens (tertiary/aromatic N) is 4. The minimum atomic E-state index is -0.425. The van der Waals surface area contributed by atoms with Gasteiger partial charge in [-0.1, -0.05) is 0 Å². The van der Waals surface area contributed by atoms with E-state index in [1.807, 2.05) is 5.38 Å². The Balaban J connectivity index is 1.65. The van der Waals surface area contributed by atoms with E-state index in [4.69, 9.17) is 11.6 Å². The Labute approximate surface area is 140 Å². The molecule has 9 heteroatoms. The molecule has 0 radical (unpaired) electrons. The van der Waals surface area contributed by atoms with E-state index in [2.05, 4.69) is 20.4 Å². The Morgan fingerprint density at radius 2 is 2.09 bits per heavy atom. The molecule has 0 saturated carbocycles. The molecule has 0 bridgehead atoms. The summed E-state index contributed by atoms with van der Waals surface area (Å²) in [4.78, 5) is 20.2. The van der Waals surface area contributed by atoms with Gasteiger partial charge in [-0.3, -0.25) is 4.79 Å². The molecule has 0 spiro atoms. The second-order valence-corrected chi connectivity index (χ2v) is 5.92. The van der Waals surface area contributed by atoms with E-state index in [0.29, 0.717) is 0 Å². The van der Waals surface area contributed by atoms with Crippen molar-refractivity contribution in [1.82, 2.24) is 25.1 Å². The first kappa shape index (κ1) is 15.6. The number of thiazole rings is 1. The molecular weight excluding hydrogens is 341 g/mol. The lowest BCUT2D eigenvalue weighted by molar-refractivity contribution is 0.0940. The highest BCUT2D eigenvalue weighted by Crippen LogP contribution is 2.22. The third-order valence-corrected chi connectivity index (χ3v) is 4.18. The number of hydrogen-bond acceptors (Lipinski definition) is 5. The van der Waals surface area contributed by atoms with Crippen LogP contribution in [0.15, 0.2) is 29.6 Å². The van der Waals surface area contributed by atoms with Crippen molar-refractivity contribution in [1.29, 1.82) is 0 Å².